The molecule has 1 N–H and O–H groups in total. The van der Waals surface area contributed by atoms with Crippen molar-refractivity contribution in [2.75, 3.05) is 31.6 Å². The molecule has 1 heterocycles. The number of morpholine rings is 1. The number of hydrogen-bond acceptors (Lipinski definition) is 3. The van der Waals surface area contributed by atoms with E-state index >= 15 is 0 Å². The third-order valence-electron chi connectivity index (χ3n) is 3.90. The molecule has 6 heteroatoms. The number of rotatable bonds is 4. The fraction of sp³-hybridized carbons (Fsp3) is 0.278. The minimum atomic E-state index is -0.992. The van der Waals surface area contributed by atoms with Crippen molar-refractivity contribution in [2.45, 2.75) is 6.54 Å². The second kappa shape index (κ2) is 7.51. The largest absolute Gasteiger partial charge is 0.379 e. The molecule has 0 bridgehead atoms. The van der Waals surface area contributed by atoms with Gasteiger partial charge in [-0.05, 0) is 29.8 Å². The van der Waals surface area contributed by atoms with Crippen molar-refractivity contribution in [3.63, 3.8) is 0 Å². The highest BCUT2D eigenvalue weighted by Crippen LogP contribution is 2.15. The number of nitrogens with zero attached hydrogens (tertiary/aromatic N) is 1. The van der Waals surface area contributed by atoms with E-state index in [9.17, 15) is 13.6 Å². The molecular weight excluding hydrogens is 314 g/mol. The van der Waals surface area contributed by atoms with Gasteiger partial charge < -0.3 is 10.1 Å². The van der Waals surface area contributed by atoms with Crippen molar-refractivity contribution >= 4 is 11.6 Å². The third-order valence-corrected chi connectivity index (χ3v) is 3.90. The summed E-state index contributed by atoms with van der Waals surface area (Å²) in [6.45, 7) is 4.11. The van der Waals surface area contributed by atoms with E-state index in [1.54, 1.807) is 12.1 Å². The zero-order valence-electron chi connectivity index (χ0n) is 13.1. The minimum absolute atomic E-state index is 0.219. The van der Waals surface area contributed by atoms with Gasteiger partial charge in [-0.2, -0.15) is 0 Å². The van der Waals surface area contributed by atoms with E-state index in [1.165, 1.54) is 6.07 Å². The highest BCUT2D eigenvalue weighted by Gasteiger charge is 2.12. The molecule has 1 amide bonds. The number of halogens is 2. The Morgan fingerprint density at radius 3 is 2.42 bits per heavy atom. The number of ether oxygens (including phenoxy) is 1. The van der Waals surface area contributed by atoms with Crippen LogP contribution in [0.4, 0.5) is 14.5 Å². The number of hydrogen-bond donors (Lipinski definition) is 1. The van der Waals surface area contributed by atoms with Gasteiger partial charge in [-0.3, -0.25) is 9.69 Å². The van der Waals surface area contributed by atoms with Crippen LogP contribution in [0, 0.1) is 11.6 Å². The lowest BCUT2D eigenvalue weighted by atomic mass is 10.1. The topological polar surface area (TPSA) is 41.6 Å². The summed E-state index contributed by atoms with van der Waals surface area (Å²) in [5, 5.41) is 2.55. The lowest BCUT2D eigenvalue weighted by Crippen LogP contribution is -2.35. The molecule has 0 aromatic heterocycles. The summed E-state index contributed by atoms with van der Waals surface area (Å²) in [7, 11) is 0. The summed E-state index contributed by atoms with van der Waals surface area (Å²) < 4.78 is 31.4. The molecule has 1 aliphatic rings. The number of amides is 1. The lowest BCUT2D eigenvalue weighted by molar-refractivity contribution is 0.0342. The lowest BCUT2D eigenvalue weighted by Gasteiger charge is -2.26. The van der Waals surface area contributed by atoms with Crippen molar-refractivity contribution in [1.82, 2.24) is 4.90 Å². The highest BCUT2D eigenvalue weighted by atomic mass is 19.2. The predicted octanol–water partition coefficient (Wildman–Crippen LogP) is 3.05. The van der Waals surface area contributed by atoms with Gasteiger partial charge in [-0.25, -0.2) is 8.78 Å². The van der Waals surface area contributed by atoms with E-state index in [2.05, 4.69) is 10.2 Å². The van der Waals surface area contributed by atoms with E-state index in [0.29, 0.717) is 5.56 Å². The number of nitrogens with one attached hydrogen (secondary N) is 1. The van der Waals surface area contributed by atoms with Crippen molar-refractivity contribution in [1.29, 1.82) is 0 Å². The zero-order chi connectivity index (χ0) is 16.9. The Labute approximate surface area is 139 Å². The molecule has 126 valence electrons. The monoisotopic (exact) mass is 332 g/mol. The number of anilines is 1. The third kappa shape index (κ3) is 4.15. The molecule has 3 rings (SSSR count). The zero-order valence-corrected chi connectivity index (χ0v) is 13.1. The molecule has 0 spiro atoms. The van der Waals surface area contributed by atoms with Crippen LogP contribution >= 0.6 is 0 Å². The van der Waals surface area contributed by atoms with Gasteiger partial charge in [-0.1, -0.05) is 12.1 Å². The molecule has 0 radical (unpaired) electrons. The highest BCUT2D eigenvalue weighted by molar-refractivity contribution is 6.04. The van der Waals surface area contributed by atoms with Gasteiger partial charge in [0.1, 0.15) is 0 Å². The van der Waals surface area contributed by atoms with Crippen LogP contribution in [0.2, 0.25) is 0 Å². The average Bonchev–Trinajstić information content (AvgIpc) is 2.60. The van der Waals surface area contributed by atoms with Crippen LogP contribution in [0.1, 0.15) is 15.9 Å². The first-order valence-electron chi connectivity index (χ1n) is 7.77. The molecule has 1 fully saturated rings. The standard InChI is InChI=1S/C18H18F2N2O2/c19-16-6-5-15(11-17(16)20)21-18(23)14-3-1-13(2-4-14)12-22-7-9-24-10-8-22/h1-6,11H,7-10,12H2,(H,21,23). The molecule has 1 saturated heterocycles. The minimum Gasteiger partial charge on any atom is -0.379 e. The van der Waals surface area contributed by atoms with Crippen LogP contribution in [0.3, 0.4) is 0 Å². The van der Waals surface area contributed by atoms with Gasteiger partial charge in [0.2, 0.25) is 0 Å². The smallest absolute Gasteiger partial charge is 0.255 e. The van der Waals surface area contributed by atoms with Crippen molar-refractivity contribution < 1.29 is 18.3 Å². The number of benzene rings is 2. The average molecular weight is 332 g/mol. The molecule has 0 aliphatic carbocycles. The van der Waals surface area contributed by atoms with E-state index in [1.807, 2.05) is 12.1 Å². The quantitative estimate of drug-likeness (QED) is 0.936. The van der Waals surface area contributed by atoms with Crippen molar-refractivity contribution in [2.24, 2.45) is 0 Å². The van der Waals surface area contributed by atoms with Crippen LogP contribution in [0.25, 0.3) is 0 Å². The normalized spacial score (nSPS) is 15.2. The van der Waals surface area contributed by atoms with E-state index in [-0.39, 0.29) is 11.6 Å². The molecule has 0 saturated carbocycles. The van der Waals surface area contributed by atoms with Crippen molar-refractivity contribution in [3.05, 3.63) is 65.2 Å². The van der Waals surface area contributed by atoms with Gasteiger partial charge in [0, 0.05) is 37.0 Å². The number of carbonyl (C=O) groups excluding carboxylic acids is 1. The maximum atomic E-state index is 13.2. The molecule has 4 nitrogen and oxygen atoms in total. The Morgan fingerprint density at radius 2 is 1.75 bits per heavy atom. The summed E-state index contributed by atoms with van der Waals surface area (Å²) in [6.07, 6.45) is 0. The SMILES string of the molecule is O=C(Nc1ccc(F)c(F)c1)c1ccc(CN2CCOCC2)cc1. The molecule has 0 unspecified atom stereocenters. The fourth-order valence-corrected chi connectivity index (χ4v) is 2.56. The van der Waals surface area contributed by atoms with E-state index < -0.39 is 11.6 Å². The van der Waals surface area contributed by atoms with Crippen molar-refractivity contribution in [3.8, 4) is 0 Å². The van der Waals surface area contributed by atoms with Gasteiger partial charge in [0.25, 0.3) is 5.91 Å². The van der Waals surface area contributed by atoms with Crippen LogP contribution in [-0.4, -0.2) is 37.1 Å². The number of carbonyl (C=O) groups is 1. The molecule has 2 aromatic rings. The van der Waals surface area contributed by atoms with Gasteiger partial charge in [0.15, 0.2) is 11.6 Å². The Morgan fingerprint density at radius 1 is 1.04 bits per heavy atom. The van der Waals surface area contributed by atoms with Gasteiger partial charge in [-0.15, -0.1) is 0 Å². The van der Waals surface area contributed by atoms with Crippen LogP contribution in [0.5, 0.6) is 0 Å². The maximum Gasteiger partial charge on any atom is 0.255 e. The van der Waals surface area contributed by atoms with Gasteiger partial charge in [0.05, 0.1) is 13.2 Å². The molecule has 2 aromatic carbocycles. The summed E-state index contributed by atoms with van der Waals surface area (Å²) in [5.74, 6) is -2.30. The Kier molecular flexibility index (Phi) is 5.17. The first-order chi connectivity index (χ1) is 11.6. The first kappa shape index (κ1) is 16.5. The summed E-state index contributed by atoms with van der Waals surface area (Å²) in [6, 6.07) is 10.5. The molecule has 0 atom stereocenters. The van der Waals surface area contributed by atoms with E-state index in [0.717, 1.165) is 50.5 Å². The summed E-state index contributed by atoms with van der Waals surface area (Å²) in [4.78, 5) is 14.4. The second-order valence-corrected chi connectivity index (χ2v) is 5.67. The second-order valence-electron chi connectivity index (χ2n) is 5.67. The van der Waals surface area contributed by atoms with Crippen LogP contribution < -0.4 is 5.32 Å². The molecular formula is C18H18F2N2O2. The van der Waals surface area contributed by atoms with Crippen LogP contribution in [-0.2, 0) is 11.3 Å². The Balaban J connectivity index is 1.61. The fourth-order valence-electron chi connectivity index (χ4n) is 2.56. The summed E-state index contributed by atoms with van der Waals surface area (Å²) >= 11 is 0. The van der Waals surface area contributed by atoms with Gasteiger partial charge >= 0.3 is 0 Å². The molecule has 1 aliphatic heterocycles. The Hall–Kier alpha value is -2.31. The predicted molar refractivity (Wildman–Crippen MR) is 86.8 cm³/mol. The Bertz CT molecular complexity index is 713. The first-order valence-corrected chi connectivity index (χ1v) is 7.77. The summed E-state index contributed by atoms with van der Waals surface area (Å²) in [5.41, 5.74) is 1.79. The maximum absolute atomic E-state index is 13.2. The van der Waals surface area contributed by atoms with Crippen LogP contribution in [0.15, 0.2) is 42.5 Å². The van der Waals surface area contributed by atoms with E-state index in [4.69, 9.17) is 4.74 Å². The molecule has 24 heavy (non-hydrogen) atoms.